The molecule has 1 heterocycles. The maximum absolute atomic E-state index is 13.8. The van der Waals surface area contributed by atoms with Crippen LogP contribution < -0.4 is 10.5 Å². The zero-order valence-corrected chi connectivity index (χ0v) is 24.8. The van der Waals surface area contributed by atoms with Gasteiger partial charge in [0.05, 0.1) is 18.9 Å². The molecule has 3 N–H and O–H groups in total. The zero-order valence-electron chi connectivity index (χ0n) is 22.4. The van der Waals surface area contributed by atoms with E-state index in [1.54, 1.807) is 51.3 Å². The summed E-state index contributed by atoms with van der Waals surface area (Å²) in [7, 11) is -3.96. The molecule has 208 valence electrons. The predicted molar refractivity (Wildman–Crippen MR) is 153 cm³/mol. The van der Waals surface area contributed by atoms with Crippen LogP contribution in [0.1, 0.15) is 36.8 Å². The van der Waals surface area contributed by atoms with Gasteiger partial charge >= 0.3 is 12.1 Å². The minimum Gasteiger partial charge on any atom is -0.482 e. The number of sulfone groups is 1. The molecule has 0 unspecified atom stereocenters. The molecule has 9 nitrogen and oxygen atoms in total. The van der Waals surface area contributed by atoms with Crippen molar-refractivity contribution in [1.29, 1.82) is 0 Å². The number of carbonyl (C=O) groups excluding carboxylic acids is 1. The van der Waals surface area contributed by atoms with Gasteiger partial charge in [0.1, 0.15) is 17.2 Å². The van der Waals surface area contributed by atoms with Crippen molar-refractivity contribution in [3.8, 4) is 16.9 Å². The second-order valence-electron chi connectivity index (χ2n) is 9.59. The summed E-state index contributed by atoms with van der Waals surface area (Å²) in [5, 5.41) is 8.88. The molecule has 0 aliphatic carbocycles. The summed E-state index contributed by atoms with van der Waals surface area (Å²) in [5.41, 5.74) is 8.39. The molecule has 0 saturated carbocycles. The van der Waals surface area contributed by atoms with Gasteiger partial charge in [-0.25, -0.2) is 18.0 Å². The molecule has 2 aromatic carbocycles. The Kier molecular flexibility index (Phi) is 9.14. The number of nitrogens with two attached hydrogens (primary N) is 1. The molecule has 0 atom stereocenters. The largest absolute Gasteiger partial charge is 0.482 e. The molecule has 1 amide bonds. The van der Waals surface area contributed by atoms with E-state index in [0.29, 0.717) is 20.4 Å². The highest BCUT2D eigenvalue weighted by molar-refractivity contribution is 8.01. The summed E-state index contributed by atoms with van der Waals surface area (Å²) in [6.07, 6.45) is 0.897. The van der Waals surface area contributed by atoms with Gasteiger partial charge in [0.2, 0.25) is 9.84 Å². The monoisotopic (exact) mass is 590 g/mol. The number of amides is 1. The van der Waals surface area contributed by atoms with Crippen LogP contribution in [0.25, 0.3) is 11.1 Å². The van der Waals surface area contributed by atoms with Gasteiger partial charge in [0, 0.05) is 0 Å². The Hall–Kier alpha value is -3.35. The molecule has 1 aromatic heterocycles. The quantitative estimate of drug-likeness (QED) is 0.192. The van der Waals surface area contributed by atoms with Crippen molar-refractivity contribution >= 4 is 50.8 Å². The lowest BCUT2D eigenvalue weighted by Crippen LogP contribution is -2.24. The average Bonchev–Trinajstić information content (AvgIpc) is 3.27. The molecule has 3 rings (SSSR count). The van der Waals surface area contributed by atoms with Gasteiger partial charge in [0.15, 0.2) is 6.61 Å². The van der Waals surface area contributed by atoms with Crippen molar-refractivity contribution in [2.24, 2.45) is 10.7 Å². The van der Waals surface area contributed by atoms with Crippen molar-refractivity contribution < 1.29 is 32.6 Å². The number of aryl methyl sites for hydroxylation is 2. The summed E-state index contributed by atoms with van der Waals surface area (Å²) >= 11 is 2.38. The van der Waals surface area contributed by atoms with Gasteiger partial charge in [-0.3, -0.25) is 0 Å². The highest BCUT2D eigenvalue weighted by atomic mass is 32.2. The Morgan fingerprint density at radius 3 is 2.31 bits per heavy atom. The molecule has 0 aliphatic rings. The van der Waals surface area contributed by atoms with Crippen LogP contribution in [0, 0.1) is 13.8 Å². The SMILES string of the molecule is CSc1sc(/C(N)=N\C(=O)OC(C)(C)C)cc1S(=O)(=O)c1cccc(-c2c(C)cc(OCC(=O)O)cc2C)c1. The Balaban J connectivity index is 2.00. The number of aliphatic carboxylic acids is 1. The number of thioether (sulfide) groups is 1. The summed E-state index contributed by atoms with van der Waals surface area (Å²) in [4.78, 5) is 27.2. The van der Waals surface area contributed by atoms with Gasteiger partial charge in [-0.05, 0) is 93.5 Å². The van der Waals surface area contributed by atoms with Crippen LogP contribution in [0.5, 0.6) is 5.75 Å². The van der Waals surface area contributed by atoms with Gasteiger partial charge in [-0.15, -0.1) is 23.1 Å². The molecule has 0 saturated heterocycles. The predicted octanol–water partition coefficient (Wildman–Crippen LogP) is 5.69. The van der Waals surface area contributed by atoms with E-state index in [9.17, 15) is 18.0 Å². The third-order valence-electron chi connectivity index (χ3n) is 5.30. The Morgan fingerprint density at radius 2 is 1.74 bits per heavy atom. The number of hydrogen-bond donors (Lipinski definition) is 2. The van der Waals surface area contributed by atoms with Crippen molar-refractivity contribution in [3.05, 3.63) is 58.5 Å². The summed E-state index contributed by atoms with van der Waals surface area (Å²) in [6, 6.07) is 11.5. The molecule has 0 spiro atoms. The maximum Gasteiger partial charge on any atom is 0.436 e. The highest BCUT2D eigenvalue weighted by Gasteiger charge is 2.26. The number of hydrogen-bond acceptors (Lipinski definition) is 8. The van der Waals surface area contributed by atoms with E-state index in [-0.39, 0.29) is 15.6 Å². The number of amidine groups is 1. The number of ether oxygens (including phenoxy) is 2. The molecule has 0 aliphatic heterocycles. The summed E-state index contributed by atoms with van der Waals surface area (Å²) in [6.45, 7) is 8.35. The molecule has 39 heavy (non-hydrogen) atoms. The van der Waals surface area contributed by atoms with Crippen LogP contribution in [0.2, 0.25) is 0 Å². The number of carboxylic acids is 1. The fraction of sp³-hybridized carbons (Fsp3) is 0.296. The number of benzene rings is 2. The fourth-order valence-corrected chi connectivity index (χ4v) is 7.75. The van der Waals surface area contributed by atoms with E-state index >= 15 is 0 Å². The van der Waals surface area contributed by atoms with Gasteiger partial charge in [-0.1, -0.05) is 12.1 Å². The number of carboxylic acid groups (broad SMARTS) is 1. The molecule has 3 aromatic rings. The number of rotatable bonds is 8. The van der Waals surface area contributed by atoms with Crippen molar-refractivity contribution in [1.82, 2.24) is 0 Å². The first-order chi connectivity index (χ1) is 18.1. The van der Waals surface area contributed by atoms with Crippen LogP contribution >= 0.6 is 23.1 Å². The lowest BCUT2D eigenvalue weighted by atomic mass is 9.95. The summed E-state index contributed by atoms with van der Waals surface area (Å²) in [5.74, 6) is -0.788. The van der Waals surface area contributed by atoms with E-state index in [4.69, 9.17) is 20.3 Å². The average molecular weight is 591 g/mol. The first-order valence-corrected chi connectivity index (χ1v) is 15.2. The van der Waals surface area contributed by atoms with Crippen molar-refractivity contribution in [3.63, 3.8) is 0 Å². The van der Waals surface area contributed by atoms with Crippen molar-refractivity contribution in [2.75, 3.05) is 12.9 Å². The van der Waals surface area contributed by atoms with Crippen LogP contribution in [0.3, 0.4) is 0 Å². The lowest BCUT2D eigenvalue weighted by molar-refractivity contribution is -0.139. The second kappa shape index (κ2) is 11.8. The third kappa shape index (κ3) is 7.40. The van der Waals surface area contributed by atoms with Gasteiger partial charge < -0.3 is 20.3 Å². The molecule has 12 heteroatoms. The van der Waals surface area contributed by atoms with E-state index in [1.165, 1.54) is 23.9 Å². The number of thiophene rings is 1. The highest BCUT2D eigenvalue weighted by Crippen LogP contribution is 2.38. The number of aliphatic imine (C=N–C) groups is 1. The van der Waals surface area contributed by atoms with Crippen LogP contribution in [0.4, 0.5) is 4.79 Å². The van der Waals surface area contributed by atoms with Gasteiger partial charge in [-0.2, -0.15) is 4.99 Å². The van der Waals surface area contributed by atoms with Crippen molar-refractivity contribution in [2.45, 2.75) is 54.2 Å². The first kappa shape index (κ1) is 30.2. The Bertz CT molecular complexity index is 1530. The molecule has 0 bridgehead atoms. The van der Waals surface area contributed by atoms with E-state index < -0.39 is 34.1 Å². The molecular formula is C27H30N2O7S3. The fourth-order valence-electron chi connectivity index (χ4n) is 3.80. The zero-order chi connectivity index (χ0) is 29.1. The van der Waals surface area contributed by atoms with Crippen LogP contribution in [0.15, 0.2) is 61.5 Å². The second-order valence-corrected chi connectivity index (χ2v) is 13.6. The van der Waals surface area contributed by atoms with Gasteiger partial charge in [0.25, 0.3) is 0 Å². The lowest BCUT2D eigenvalue weighted by Gasteiger charge is -2.17. The molecule has 0 fully saturated rings. The number of nitrogens with zero attached hydrogens (tertiary/aromatic N) is 1. The Labute approximate surface area is 236 Å². The Morgan fingerprint density at radius 1 is 1.10 bits per heavy atom. The summed E-state index contributed by atoms with van der Waals surface area (Å²) < 4.78 is 38.5. The standard InChI is InChI=1S/C27H30N2O7S3/c1-15-10-18(35-14-22(30)31)11-16(2)23(15)17-8-7-9-19(12-17)39(33,34)21-13-20(38-25(21)37-6)24(28)29-26(32)36-27(3,4)5/h7-13H,14H2,1-6H3,(H,30,31)(H2,28,29,32). The van der Waals surface area contributed by atoms with E-state index in [2.05, 4.69) is 4.99 Å². The maximum atomic E-state index is 13.8. The smallest absolute Gasteiger partial charge is 0.436 e. The minimum absolute atomic E-state index is 0.0698. The van der Waals surface area contributed by atoms with E-state index in [0.717, 1.165) is 28.0 Å². The minimum atomic E-state index is -3.96. The third-order valence-corrected chi connectivity index (χ3v) is 9.63. The van der Waals surface area contributed by atoms with Crippen LogP contribution in [-0.4, -0.2) is 49.9 Å². The van der Waals surface area contributed by atoms with Crippen LogP contribution in [-0.2, 0) is 19.4 Å². The normalized spacial score (nSPS) is 12.3. The number of carbonyl (C=O) groups is 2. The first-order valence-electron chi connectivity index (χ1n) is 11.7. The molecular weight excluding hydrogens is 561 g/mol. The molecule has 0 radical (unpaired) electrons. The topological polar surface area (TPSA) is 145 Å². The van der Waals surface area contributed by atoms with E-state index in [1.807, 2.05) is 19.9 Å².